The minimum atomic E-state index is -0.184. The van der Waals surface area contributed by atoms with Crippen molar-refractivity contribution in [3.63, 3.8) is 0 Å². The Labute approximate surface area is 181 Å². The topological polar surface area (TPSA) is 98.1 Å². The SMILES string of the molecule is COc1ccc(NC(=O)Cc2nnc(SCC(=O)N[C@@H]3CCCC[C@@H]3C)n2C)cc1. The Hall–Kier alpha value is -2.55. The molecule has 8 nitrogen and oxygen atoms in total. The van der Waals surface area contributed by atoms with Crippen molar-refractivity contribution in [2.45, 2.75) is 50.2 Å². The maximum absolute atomic E-state index is 12.3. The van der Waals surface area contributed by atoms with Gasteiger partial charge in [0.05, 0.1) is 19.3 Å². The standard InChI is InChI=1S/C21H29N5O3S/c1-14-6-4-5-7-17(14)23-20(28)13-30-21-25-24-18(26(21)2)12-19(27)22-15-8-10-16(29-3)11-9-15/h8-11,14,17H,4-7,12-13H2,1-3H3,(H,22,27)(H,23,28)/t14-,17+/m0/s1. The molecule has 2 amide bonds. The lowest BCUT2D eigenvalue weighted by Gasteiger charge is -2.29. The van der Waals surface area contributed by atoms with E-state index in [9.17, 15) is 9.59 Å². The van der Waals surface area contributed by atoms with Crippen LogP contribution in [0.5, 0.6) is 5.75 Å². The average molecular weight is 432 g/mol. The number of rotatable bonds is 8. The van der Waals surface area contributed by atoms with E-state index in [1.54, 1.807) is 43.0 Å². The first-order chi connectivity index (χ1) is 14.5. The van der Waals surface area contributed by atoms with E-state index < -0.39 is 0 Å². The van der Waals surface area contributed by atoms with Gasteiger partial charge in [-0.3, -0.25) is 9.59 Å². The third-order valence-electron chi connectivity index (χ3n) is 5.41. The lowest BCUT2D eigenvalue weighted by molar-refractivity contribution is -0.120. The molecule has 2 atom stereocenters. The van der Waals surface area contributed by atoms with Crippen molar-refractivity contribution < 1.29 is 14.3 Å². The van der Waals surface area contributed by atoms with Crippen molar-refractivity contribution in [3.05, 3.63) is 30.1 Å². The van der Waals surface area contributed by atoms with Gasteiger partial charge in [0, 0.05) is 18.8 Å². The van der Waals surface area contributed by atoms with Crippen LogP contribution < -0.4 is 15.4 Å². The van der Waals surface area contributed by atoms with Gasteiger partial charge in [-0.2, -0.15) is 0 Å². The van der Waals surface area contributed by atoms with Crippen LogP contribution in [0.4, 0.5) is 5.69 Å². The Kier molecular flexibility index (Phi) is 7.73. The van der Waals surface area contributed by atoms with Gasteiger partial charge in [-0.25, -0.2) is 0 Å². The number of benzene rings is 1. The molecular formula is C21H29N5O3S. The summed E-state index contributed by atoms with van der Waals surface area (Å²) in [4.78, 5) is 24.6. The molecule has 0 bridgehead atoms. The van der Waals surface area contributed by atoms with Crippen molar-refractivity contribution in [1.82, 2.24) is 20.1 Å². The summed E-state index contributed by atoms with van der Waals surface area (Å²) in [5, 5.41) is 14.8. The second-order valence-electron chi connectivity index (χ2n) is 7.64. The number of hydrogen-bond donors (Lipinski definition) is 2. The number of methoxy groups -OCH3 is 1. The van der Waals surface area contributed by atoms with Gasteiger partial charge in [-0.1, -0.05) is 31.5 Å². The van der Waals surface area contributed by atoms with Crippen LogP contribution in [0.15, 0.2) is 29.4 Å². The molecule has 9 heteroatoms. The summed E-state index contributed by atoms with van der Waals surface area (Å²) in [5.74, 6) is 1.91. The van der Waals surface area contributed by atoms with E-state index in [4.69, 9.17) is 4.74 Å². The summed E-state index contributed by atoms with van der Waals surface area (Å²) in [6.07, 6.45) is 4.74. The molecule has 2 N–H and O–H groups in total. The summed E-state index contributed by atoms with van der Waals surface area (Å²) in [5.41, 5.74) is 0.686. The zero-order chi connectivity index (χ0) is 21.5. The number of amides is 2. The molecule has 1 aliphatic carbocycles. The van der Waals surface area contributed by atoms with Crippen molar-refractivity contribution in [2.24, 2.45) is 13.0 Å². The number of carbonyl (C=O) groups is 2. The Morgan fingerprint density at radius 3 is 2.60 bits per heavy atom. The highest BCUT2D eigenvalue weighted by atomic mass is 32.2. The quantitative estimate of drug-likeness (QED) is 0.624. The van der Waals surface area contributed by atoms with Crippen molar-refractivity contribution in [2.75, 3.05) is 18.2 Å². The highest BCUT2D eigenvalue weighted by molar-refractivity contribution is 7.99. The molecule has 0 unspecified atom stereocenters. The fraction of sp³-hybridized carbons (Fsp3) is 0.524. The zero-order valence-electron chi connectivity index (χ0n) is 17.7. The average Bonchev–Trinajstić information content (AvgIpc) is 3.08. The maximum atomic E-state index is 12.3. The largest absolute Gasteiger partial charge is 0.497 e. The van der Waals surface area contributed by atoms with Crippen LogP contribution in [0.1, 0.15) is 38.4 Å². The minimum absolute atomic E-state index is 0.0144. The van der Waals surface area contributed by atoms with Gasteiger partial charge in [-0.15, -0.1) is 10.2 Å². The molecule has 0 spiro atoms. The summed E-state index contributed by atoms with van der Waals surface area (Å²) < 4.78 is 6.87. The molecule has 1 aromatic heterocycles. The van der Waals surface area contributed by atoms with Gasteiger partial charge >= 0.3 is 0 Å². The lowest BCUT2D eigenvalue weighted by Crippen LogP contribution is -2.41. The summed E-state index contributed by atoms with van der Waals surface area (Å²) >= 11 is 1.33. The number of ether oxygens (including phenoxy) is 1. The molecule has 0 radical (unpaired) electrons. The van der Waals surface area contributed by atoms with Gasteiger partial charge < -0.3 is 19.9 Å². The monoisotopic (exact) mass is 431 g/mol. The van der Waals surface area contributed by atoms with Gasteiger partial charge in [-0.05, 0) is 43.0 Å². The Balaban J connectivity index is 1.48. The molecule has 2 aromatic rings. The predicted octanol–water partition coefficient (Wildman–Crippen LogP) is 2.79. The second kappa shape index (κ2) is 10.5. The number of anilines is 1. The van der Waals surface area contributed by atoms with Crippen molar-refractivity contribution in [3.8, 4) is 5.75 Å². The number of aromatic nitrogens is 3. The van der Waals surface area contributed by atoms with E-state index in [1.807, 2.05) is 0 Å². The molecule has 30 heavy (non-hydrogen) atoms. The second-order valence-corrected chi connectivity index (χ2v) is 8.58. The normalized spacial score (nSPS) is 18.6. The third kappa shape index (κ3) is 5.98. The lowest BCUT2D eigenvalue weighted by atomic mass is 9.86. The van der Waals surface area contributed by atoms with Crippen molar-refractivity contribution in [1.29, 1.82) is 0 Å². The van der Waals surface area contributed by atoms with Crippen LogP contribution in [0.25, 0.3) is 0 Å². The molecule has 1 aromatic carbocycles. The number of hydrogen-bond acceptors (Lipinski definition) is 6. The highest BCUT2D eigenvalue weighted by Crippen LogP contribution is 2.24. The molecule has 162 valence electrons. The fourth-order valence-corrected chi connectivity index (χ4v) is 4.30. The van der Waals surface area contributed by atoms with Gasteiger partial charge in [0.15, 0.2) is 5.16 Å². The van der Waals surface area contributed by atoms with E-state index in [0.717, 1.165) is 12.2 Å². The molecule has 1 heterocycles. The van der Waals surface area contributed by atoms with E-state index in [0.29, 0.717) is 22.6 Å². The van der Waals surface area contributed by atoms with E-state index >= 15 is 0 Å². The summed E-state index contributed by atoms with van der Waals surface area (Å²) in [7, 11) is 3.40. The van der Waals surface area contributed by atoms with Crippen LogP contribution in [0, 0.1) is 5.92 Å². The number of nitrogens with zero attached hydrogens (tertiary/aromatic N) is 3. The molecule has 3 rings (SSSR count). The third-order valence-corrected chi connectivity index (χ3v) is 6.43. The Bertz CT molecular complexity index is 868. The molecule has 0 aliphatic heterocycles. The number of carbonyl (C=O) groups excluding carboxylic acids is 2. The zero-order valence-corrected chi connectivity index (χ0v) is 18.5. The van der Waals surface area contributed by atoms with Crippen LogP contribution in [0.3, 0.4) is 0 Å². The molecule has 1 aliphatic rings. The van der Waals surface area contributed by atoms with Gasteiger partial charge in [0.2, 0.25) is 11.8 Å². The highest BCUT2D eigenvalue weighted by Gasteiger charge is 2.23. The number of nitrogens with one attached hydrogen (secondary N) is 2. The van der Waals surface area contributed by atoms with E-state index in [-0.39, 0.29) is 30.0 Å². The minimum Gasteiger partial charge on any atom is -0.497 e. The summed E-state index contributed by atoms with van der Waals surface area (Å²) in [6.45, 7) is 2.20. The Morgan fingerprint density at radius 2 is 1.90 bits per heavy atom. The van der Waals surface area contributed by atoms with Crippen LogP contribution in [-0.4, -0.2) is 45.5 Å². The first-order valence-corrected chi connectivity index (χ1v) is 11.2. The molecule has 1 fully saturated rings. The molecule has 1 saturated carbocycles. The van der Waals surface area contributed by atoms with E-state index in [1.165, 1.54) is 31.0 Å². The Morgan fingerprint density at radius 1 is 1.17 bits per heavy atom. The molecular weight excluding hydrogens is 402 g/mol. The maximum Gasteiger partial charge on any atom is 0.232 e. The molecule has 0 saturated heterocycles. The smallest absolute Gasteiger partial charge is 0.232 e. The fourth-order valence-electron chi connectivity index (χ4n) is 3.56. The number of thioether (sulfide) groups is 1. The predicted molar refractivity (Wildman–Crippen MR) is 117 cm³/mol. The van der Waals surface area contributed by atoms with Crippen LogP contribution >= 0.6 is 11.8 Å². The van der Waals surface area contributed by atoms with Crippen LogP contribution in [0.2, 0.25) is 0 Å². The first-order valence-electron chi connectivity index (χ1n) is 10.2. The van der Waals surface area contributed by atoms with Gasteiger partial charge in [0.1, 0.15) is 11.6 Å². The van der Waals surface area contributed by atoms with Crippen molar-refractivity contribution >= 4 is 29.3 Å². The van der Waals surface area contributed by atoms with Crippen LogP contribution in [-0.2, 0) is 23.1 Å². The summed E-state index contributed by atoms with van der Waals surface area (Å²) in [6, 6.07) is 7.39. The first kappa shape index (κ1) is 22.1. The van der Waals surface area contributed by atoms with Gasteiger partial charge in [0.25, 0.3) is 0 Å². The van der Waals surface area contributed by atoms with E-state index in [2.05, 4.69) is 27.8 Å².